The lowest BCUT2D eigenvalue weighted by molar-refractivity contribution is 0.820. The summed E-state index contributed by atoms with van der Waals surface area (Å²) in [6, 6.07) is 2.13. The Bertz CT molecular complexity index is 142. The number of rotatable bonds is 1. The molecule has 0 unspecified atom stereocenters. The summed E-state index contributed by atoms with van der Waals surface area (Å²) in [4.78, 5) is 2.93. The van der Waals surface area contributed by atoms with Gasteiger partial charge in [-0.05, 0) is 18.6 Å². The largest absolute Gasteiger partial charge is 0.367 e. The predicted molar refractivity (Wildman–Crippen MR) is 33.4 cm³/mol. The fourth-order valence-electron chi connectivity index (χ4n) is 0.620. The topological polar surface area (TPSA) is 41.8 Å². The molecule has 0 aromatic carbocycles. The maximum Gasteiger partial charge on any atom is 0.0281 e. The lowest BCUT2D eigenvalue weighted by Gasteiger charge is -1.96. The third kappa shape index (κ3) is 0.898. The highest BCUT2D eigenvalue weighted by Crippen LogP contribution is 2.05. The summed E-state index contributed by atoms with van der Waals surface area (Å²) in [7, 11) is 0. The molecular formula is C6H10N2. The van der Waals surface area contributed by atoms with E-state index in [0.717, 1.165) is 5.56 Å². The van der Waals surface area contributed by atoms with Crippen LogP contribution in [0, 0.1) is 0 Å². The first-order valence-electron chi connectivity index (χ1n) is 2.69. The van der Waals surface area contributed by atoms with Crippen LogP contribution in [-0.2, 0) is 0 Å². The van der Waals surface area contributed by atoms with Crippen molar-refractivity contribution in [2.45, 2.75) is 13.0 Å². The van der Waals surface area contributed by atoms with Gasteiger partial charge in [0.1, 0.15) is 0 Å². The molecule has 0 bridgehead atoms. The Morgan fingerprint density at radius 1 is 1.75 bits per heavy atom. The van der Waals surface area contributed by atoms with Gasteiger partial charge >= 0.3 is 0 Å². The van der Waals surface area contributed by atoms with Crippen LogP contribution in [0.25, 0.3) is 0 Å². The summed E-state index contributed by atoms with van der Waals surface area (Å²) < 4.78 is 0. The van der Waals surface area contributed by atoms with Crippen molar-refractivity contribution in [2.24, 2.45) is 5.73 Å². The fourth-order valence-corrected chi connectivity index (χ4v) is 0.620. The van der Waals surface area contributed by atoms with E-state index >= 15 is 0 Å². The number of hydrogen-bond donors (Lipinski definition) is 2. The van der Waals surface area contributed by atoms with Crippen molar-refractivity contribution >= 4 is 0 Å². The molecule has 0 aliphatic carbocycles. The second-order valence-electron chi connectivity index (χ2n) is 1.93. The maximum absolute atomic E-state index is 5.54. The van der Waals surface area contributed by atoms with E-state index in [4.69, 9.17) is 5.73 Å². The summed E-state index contributed by atoms with van der Waals surface area (Å²) in [5.74, 6) is 0. The summed E-state index contributed by atoms with van der Waals surface area (Å²) in [5, 5.41) is 0. The smallest absolute Gasteiger partial charge is 0.0281 e. The molecule has 0 saturated heterocycles. The van der Waals surface area contributed by atoms with Crippen LogP contribution in [0.4, 0.5) is 0 Å². The predicted octanol–water partition coefficient (Wildman–Crippen LogP) is 1.03. The van der Waals surface area contributed by atoms with E-state index in [1.807, 2.05) is 25.4 Å². The van der Waals surface area contributed by atoms with Gasteiger partial charge in [-0.1, -0.05) is 0 Å². The normalized spacial score (nSPS) is 13.8. The molecule has 0 amide bonds. The Labute approximate surface area is 48.7 Å². The van der Waals surface area contributed by atoms with Gasteiger partial charge in [0.15, 0.2) is 0 Å². The Morgan fingerprint density at radius 3 is 2.75 bits per heavy atom. The van der Waals surface area contributed by atoms with Crippen LogP contribution in [0.15, 0.2) is 18.5 Å². The van der Waals surface area contributed by atoms with Gasteiger partial charge in [0, 0.05) is 18.4 Å². The standard InChI is InChI=1S/C6H10N2/c1-5(7)6-2-3-8-4-6/h2-5,8H,7H2,1H3/t5-/m0/s1. The Hall–Kier alpha value is -0.760. The molecule has 2 nitrogen and oxygen atoms in total. The number of aromatic amines is 1. The van der Waals surface area contributed by atoms with Crippen LogP contribution < -0.4 is 5.73 Å². The minimum atomic E-state index is 0.154. The van der Waals surface area contributed by atoms with E-state index in [1.54, 1.807) is 0 Å². The van der Waals surface area contributed by atoms with Gasteiger partial charge in [-0.15, -0.1) is 0 Å². The number of H-pyrrole nitrogens is 1. The van der Waals surface area contributed by atoms with E-state index < -0.39 is 0 Å². The zero-order chi connectivity index (χ0) is 5.98. The van der Waals surface area contributed by atoms with Crippen molar-refractivity contribution in [3.8, 4) is 0 Å². The van der Waals surface area contributed by atoms with Gasteiger partial charge in [0.05, 0.1) is 0 Å². The SMILES string of the molecule is C[C@H](N)c1cc[nH]c1. The molecule has 3 N–H and O–H groups in total. The van der Waals surface area contributed by atoms with Crippen LogP contribution in [-0.4, -0.2) is 4.98 Å². The first-order valence-corrected chi connectivity index (χ1v) is 2.69. The lowest BCUT2D eigenvalue weighted by Crippen LogP contribution is -2.02. The highest BCUT2D eigenvalue weighted by Gasteiger charge is 1.95. The summed E-state index contributed by atoms with van der Waals surface area (Å²) in [6.07, 6.45) is 3.78. The molecule has 8 heavy (non-hydrogen) atoms. The molecular weight excluding hydrogens is 100 g/mol. The number of nitrogens with two attached hydrogens (primary N) is 1. The summed E-state index contributed by atoms with van der Waals surface area (Å²) in [5.41, 5.74) is 6.70. The first-order chi connectivity index (χ1) is 3.80. The molecule has 1 rings (SSSR count). The quantitative estimate of drug-likeness (QED) is 0.557. The Morgan fingerprint density at radius 2 is 2.50 bits per heavy atom. The molecule has 0 aliphatic heterocycles. The van der Waals surface area contributed by atoms with Crippen LogP contribution in [0.5, 0.6) is 0 Å². The van der Waals surface area contributed by atoms with Crippen molar-refractivity contribution in [2.75, 3.05) is 0 Å². The zero-order valence-corrected chi connectivity index (χ0v) is 4.89. The van der Waals surface area contributed by atoms with Crippen molar-refractivity contribution in [3.05, 3.63) is 24.0 Å². The van der Waals surface area contributed by atoms with E-state index in [9.17, 15) is 0 Å². The average Bonchev–Trinajstić information content (AvgIpc) is 2.12. The molecule has 0 radical (unpaired) electrons. The number of hydrogen-bond acceptors (Lipinski definition) is 1. The summed E-state index contributed by atoms with van der Waals surface area (Å²) in [6.45, 7) is 1.96. The lowest BCUT2D eigenvalue weighted by atomic mass is 10.2. The number of nitrogens with one attached hydrogen (secondary N) is 1. The average molecular weight is 110 g/mol. The molecule has 44 valence electrons. The van der Waals surface area contributed by atoms with Crippen molar-refractivity contribution < 1.29 is 0 Å². The van der Waals surface area contributed by atoms with E-state index in [0.29, 0.717) is 0 Å². The third-order valence-corrected chi connectivity index (χ3v) is 1.15. The molecule has 1 aromatic heterocycles. The van der Waals surface area contributed by atoms with E-state index in [-0.39, 0.29) is 6.04 Å². The van der Waals surface area contributed by atoms with E-state index in [2.05, 4.69) is 4.98 Å². The second-order valence-corrected chi connectivity index (χ2v) is 1.93. The molecule has 1 aromatic rings. The Kier molecular flexibility index (Phi) is 1.35. The van der Waals surface area contributed by atoms with Crippen LogP contribution in [0.1, 0.15) is 18.5 Å². The van der Waals surface area contributed by atoms with Crippen molar-refractivity contribution in [1.29, 1.82) is 0 Å². The molecule has 0 spiro atoms. The molecule has 1 atom stereocenters. The van der Waals surface area contributed by atoms with Crippen LogP contribution in [0.2, 0.25) is 0 Å². The molecule has 0 aliphatic rings. The van der Waals surface area contributed by atoms with Gasteiger partial charge < -0.3 is 10.7 Å². The second kappa shape index (κ2) is 2.01. The molecule has 1 heterocycles. The Balaban J connectivity index is 2.77. The minimum absolute atomic E-state index is 0.154. The minimum Gasteiger partial charge on any atom is -0.367 e. The maximum atomic E-state index is 5.54. The van der Waals surface area contributed by atoms with Crippen molar-refractivity contribution in [3.63, 3.8) is 0 Å². The zero-order valence-electron chi connectivity index (χ0n) is 4.89. The van der Waals surface area contributed by atoms with Gasteiger partial charge in [-0.25, -0.2) is 0 Å². The third-order valence-electron chi connectivity index (χ3n) is 1.15. The first kappa shape index (κ1) is 5.38. The highest BCUT2D eigenvalue weighted by molar-refractivity contribution is 5.11. The van der Waals surface area contributed by atoms with Crippen LogP contribution >= 0.6 is 0 Å². The van der Waals surface area contributed by atoms with Crippen molar-refractivity contribution in [1.82, 2.24) is 4.98 Å². The molecule has 0 saturated carbocycles. The van der Waals surface area contributed by atoms with Crippen LogP contribution in [0.3, 0.4) is 0 Å². The molecule has 0 fully saturated rings. The monoisotopic (exact) mass is 110 g/mol. The van der Waals surface area contributed by atoms with E-state index in [1.165, 1.54) is 0 Å². The fraction of sp³-hybridized carbons (Fsp3) is 0.333. The summed E-state index contributed by atoms with van der Waals surface area (Å²) >= 11 is 0. The van der Waals surface area contributed by atoms with Gasteiger partial charge in [-0.3, -0.25) is 0 Å². The molecule has 2 heteroatoms. The van der Waals surface area contributed by atoms with Gasteiger partial charge in [0.25, 0.3) is 0 Å². The number of aromatic nitrogens is 1. The highest BCUT2D eigenvalue weighted by atomic mass is 14.7. The van der Waals surface area contributed by atoms with Gasteiger partial charge in [-0.2, -0.15) is 0 Å². The van der Waals surface area contributed by atoms with Gasteiger partial charge in [0.2, 0.25) is 0 Å².